The highest BCUT2D eigenvalue weighted by Crippen LogP contribution is 2.32. The number of sulfonamides is 1. The zero-order valence-electron chi connectivity index (χ0n) is 12.0. The van der Waals surface area contributed by atoms with Crippen molar-refractivity contribution in [2.45, 2.75) is 23.8 Å². The summed E-state index contributed by atoms with van der Waals surface area (Å²) in [6.45, 7) is 0. The van der Waals surface area contributed by atoms with Gasteiger partial charge in [0.2, 0.25) is 10.0 Å². The Balaban J connectivity index is 1.89. The number of aryl methyl sites for hydroxylation is 2. The van der Waals surface area contributed by atoms with Crippen LogP contribution in [-0.4, -0.2) is 24.1 Å². The molecule has 0 saturated carbocycles. The van der Waals surface area contributed by atoms with Gasteiger partial charge in [0, 0.05) is 19.3 Å². The van der Waals surface area contributed by atoms with Crippen LogP contribution < -0.4 is 4.72 Å². The van der Waals surface area contributed by atoms with Crippen molar-refractivity contribution in [1.82, 2.24) is 9.29 Å². The first-order chi connectivity index (χ1) is 10.4. The predicted molar refractivity (Wildman–Crippen MR) is 80.2 cm³/mol. The molecular weight excluding hydrogens is 304 g/mol. The summed E-state index contributed by atoms with van der Waals surface area (Å²) in [6, 6.07) is 8.64. The number of fused-ring (bicyclic) bond motifs is 1. The maximum Gasteiger partial charge on any atom is 0.352 e. The molecular formula is C15H16N2O4S. The average Bonchev–Trinajstić information content (AvgIpc) is 3.03. The standard InChI is InChI=1S/C15H16N2O4S/c1-17-9-11(8-14(17)15(18)19)22(20,21)16-13-7-6-10-4-2-3-5-12(10)13/h2-5,8-9,13,16H,6-7H2,1H3,(H,18,19)/t13-/m0/s1. The third kappa shape index (κ3) is 2.53. The maximum absolute atomic E-state index is 12.5. The van der Waals surface area contributed by atoms with Gasteiger partial charge in [0.25, 0.3) is 0 Å². The van der Waals surface area contributed by atoms with Gasteiger partial charge in [-0.25, -0.2) is 17.9 Å². The van der Waals surface area contributed by atoms with Gasteiger partial charge >= 0.3 is 5.97 Å². The van der Waals surface area contributed by atoms with Crippen LogP contribution in [0, 0.1) is 0 Å². The number of hydrogen-bond acceptors (Lipinski definition) is 3. The molecule has 116 valence electrons. The molecule has 7 heteroatoms. The van der Waals surface area contributed by atoms with Crippen molar-refractivity contribution in [3.05, 3.63) is 53.3 Å². The third-order valence-corrected chi connectivity index (χ3v) is 5.38. The second-order valence-corrected chi connectivity index (χ2v) is 7.10. The van der Waals surface area contributed by atoms with E-state index in [2.05, 4.69) is 4.72 Å². The van der Waals surface area contributed by atoms with E-state index in [0.717, 1.165) is 17.5 Å². The summed E-state index contributed by atoms with van der Waals surface area (Å²) >= 11 is 0. The highest BCUT2D eigenvalue weighted by atomic mass is 32.2. The van der Waals surface area contributed by atoms with Crippen LogP contribution in [-0.2, 0) is 23.5 Å². The largest absolute Gasteiger partial charge is 0.477 e. The summed E-state index contributed by atoms with van der Waals surface area (Å²) in [5.41, 5.74) is 2.07. The van der Waals surface area contributed by atoms with Crippen LogP contribution in [0.15, 0.2) is 41.4 Å². The summed E-state index contributed by atoms with van der Waals surface area (Å²) in [4.78, 5) is 11.0. The number of aromatic carboxylic acids is 1. The van der Waals surface area contributed by atoms with Gasteiger partial charge in [0.15, 0.2) is 0 Å². The van der Waals surface area contributed by atoms with E-state index in [1.54, 1.807) is 0 Å². The number of carbonyl (C=O) groups is 1. The lowest BCUT2D eigenvalue weighted by molar-refractivity contribution is 0.0686. The molecule has 0 aliphatic heterocycles. The first-order valence-electron chi connectivity index (χ1n) is 6.88. The lowest BCUT2D eigenvalue weighted by Gasteiger charge is -2.13. The first kappa shape index (κ1) is 14.8. The van der Waals surface area contributed by atoms with Crippen molar-refractivity contribution in [3.63, 3.8) is 0 Å². The number of nitrogens with one attached hydrogen (secondary N) is 1. The molecule has 3 rings (SSSR count). The van der Waals surface area contributed by atoms with E-state index < -0.39 is 16.0 Å². The van der Waals surface area contributed by atoms with Crippen molar-refractivity contribution in [3.8, 4) is 0 Å². The Kier molecular flexibility index (Phi) is 3.54. The van der Waals surface area contributed by atoms with Crippen LogP contribution in [0.2, 0.25) is 0 Å². The summed E-state index contributed by atoms with van der Waals surface area (Å²) in [7, 11) is -2.25. The third-order valence-electron chi connectivity index (χ3n) is 3.94. The number of benzene rings is 1. The molecule has 0 saturated heterocycles. The van der Waals surface area contributed by atoms with Crippen LogP contribution >= 0.6 is 0 Å². The van der Waals surface area contributed by atoms with Crippen molar-refractivity contribution in [2.24, 2.45) is 7.05 Å². The Morgan fingerprint density at radius 2 is 2.09 bits per heavy atom. The molecule has 2 N–H and O–H groups in total. The molecule has 22 heavy (non-hydrogen) atoms. The Bertz CT molecular complexity index is 839. The summed E-state index contributed by atoms with van der Waals surface area (Å²) in [6.07, 6.45) is 2.85. The smallest absolute Gasteiger partial charge is 0.352 e. The molecule has 0 spiro atoms. The topological polar surface area (TPSA) is 88.4 Å². The molecule has 1 aromatic heterocycles. The second kappa shape index (κ2) is 5.26. The van der Waals surface area contributed by atoms with E-state index >= 15 is 0 Å². The number of carboxylic acid groups (broad SMARTS) is 1. The molecule has 1 atom stereocenters. The second-order valence-electron chi connectivity index (χ2n) is 5.39. The van der Waals surface area contributed by atoms with Crippen molar-refractivity contribution in [2.75, 3.05) is 0 Å². The fourth-order valence-corrected chi connectivity index (χ4v) is 4.15. The molecule has 0 amide bonds. The van der Waals surface area contributed by atoms with Gasteiger partial charge in [-0.3, -0.25) is 0 Å². The molecule has 0 bridgehead atoms. The van der Waals surface area contributed by atoms with Crippen LogP contribution in [0.5, 0.6) is 0 Å². The normalized spacial score (nSPS) is 17.4. The number of rotatable bonds is 4. The van der Waals surface area contributed by atoms with E-state index in [0.29, 0.717) is 6.42 Å². The Hall–Kier alpha value is -2.12. The van der Waals surface area contributed by atoms with E-state index in [4.69, 9.17) is 5.11 Å². The molecule has 1 aliphatic rings. The van der Waals surface area contributed by atoms with Gasteiger partial charge in [-0.2, -0.15) is 0 Å². The highest BCUT2D eigenvalue weighted by Gasteiger charge is 2.28. The molecule has 2 aromatic rings. The SMILES string of the molecule is Cn1cc(S(=O)(=O)N[C@H]2CCc3ccccc32)cc1C(=O)O. The average molecular weight is 320 g/mol. The minimum Gasteiger partial charge on any atom is -0.477 e. The van der Waals surface area contributed by atoms with Gasteiger partial charge in [0.1, 0.15) is 10.6 Å². The molecule has 6 nitrogen and oxygen atoms in total. The van der Waals surface area contributed by atoms with Gasteiger partial charge in [-0.15, -0.1) is 0 Å². The molecule has 0 fully saturated rings. The quantitative estimate of drug-likeness (QED) is 0.897. The molecule has 0 unspecified atom stereocenters. The lowest BCUT2D eigenvalue weighted by atomic mass is 10.1. The Labute approximate surface area is 128 Å². The highest BCUT2D eigenvalue weighted by molar-refractivity contribution is 7.89. The zero-order valence-corrected chi connectivity index (χ0v) is 12.8. The minimum atomic E-state index is -3.76. The molecule has 1 aliphatic carbocycles. The fourth-order valence-electron chi connectivity index (χ4n) is 2.83. The zero-order chi connectivity index (χ0) is 15.9. The number of hydrogen-bond donors (Lipinski definition) is 2. The molecule has 1 heterocycles. The van der Waals surface area contributed by atoms with Crippen LogP contribution in [0.25, 0.3) is 0 Å². The summed E-state index contributed by atoms with van der Waals surface area (Å²) in [5.74, 6) is -1.16. The summed E-state index contributed by atoms with van der Waals surface area (Å²) in [5, 5.41) is 9.02. The van der Waals surface area contributed by atoms with Crippen molar-refractivity contribution in [1.29, 1.82) is 0 Å². The monoisotopic (exact) mass is 320 g/mol. The van der Waals surface area contributed by atoms with Gasteiger partial charge in [-0.1, -0.05) is 24.3 Å². The predicted octanol–water partition coefficient (Wildman–Crippen LogP) is 1.69. The fraction of sp³-hybridized carbons (Fsp3) is 0.267. The maximum atomic E-state index is 12.5. The Morgan fingerprint density at radius 1 is 1.36 bits per heavy atom. The van der Waals surface area contributed by atoms with E-state index in [9.17, 15) is 13.2 Å². The van der Waals surface area contributed by atoms with E-state index in [1.165, 1.54) is 23.9 Å². The minimum absolute atomic E-state index is 0.0308. The van der Waals surface area contributed by atoms with Crippen molar-refractivity contribution < 1.29 is 18.3 Å². The number of aromatic nitrogens is 1. The van der Waals surface area contributed by atoms with Crippen molar-refractivity contribution >= 4 is 16.0 Å². The summed E-state index contributed by atoms with van der Waals surface area (Å²) < 4.78 is 28.9. The van der Waals surface area contributed by atoms with Crippen LogP contribution in [0.1, 0.15) is 34.1 Å². The van der Waals surface area contributed by atoms with Gasteiger partial charge in [0.05, 0.1) is 0 Å². The van der Waals surface area contributed by atoms with Crippen LogP contribution in [0.4, 0.5) is 0 Å². The molecule has 1 aromatic carbocycles. The number of carboxylic acids is 1. The van der Waals surface area contributed by atoms with E-state index in [-0.39, 0.29) is 16.6 Å². The van der Waals surface area contributed by atoms with Gasteiger partial charge in [-0.05, 0) is 30.0 Å². The Morgan fingerprint density at radius 3 is 2.77 bits per heavy atom. The number of nitrogens with zero attached hydrogens (tertiary/aromatic N) is 1. The first-order valence-corrected chi connectivity index (χ1v) is 8.36. The van der Waals surface area contributed by atoms with Crippen LogP contribution in [0.3, 0.4) is 0 Å². The lowest BCUT2D eigenvalue weighted by Crippen LogP contribution is -2.27. The van der Waals surface area contributed by atoms with E-state index in [1.807, 2.05) is 24.3 Å². The van der Waals surface area contributed by atoms with Gasteiger partial charge < -0.3 is 9.67 Å². The molecule has 0 radical (unpaired) electrons.